The van der Waals surface area contributed by atoms with Crippen molar-refractivity contribution in [3.8, 4) is 5.69 Å². The van der Waals surface area contributed by atoms with Crippen LogP contribution in [0.4, 0.5) is 11.4 Å². The van der Waals surface area contributed by atoms with Gasteiger partial charge >= 0.3 is 0 Å². The normalized spacial score (nSPS) is 12.4. The largest absolute Gasteiger partial charge is 0.318 e. The van der Waals surface area contributed by atoms with Crippen molar-refractivity contribution in [2.24, 2.45) is 7.05 Å². The van der Waals surface area contributed by atoms with Crippen LogP contribution < -0.4 is 15.2 Å². The molecule has 0 saturated carbocycles. The van der Waals surface area contributed by atoms with Gasteiger partial charge in [0, 0.05) is 7.05 Å². The van der Waals surface area contributed by atoms with E-state index < -0.39 is 27.5 Å². The Morgan fingerprint density at radius 3 is 2.16 bits per heavy atom. The molecule has 1 heterocycles. The lowest BCUT2D eigenvalue weighted by Crippen LogP contribution is -2.45. The quantitative estimate of drug-likeness (QED) is 0.635. The number of sulfonamides is 1. The van der Waals surface area contributed by atoms with E-state index in [0.29, 0.717) is 17.1 Å². The number of carbonyl (C=O) groups is 1. The summed E-state index contributed by atoms with van der Waals surface area (Å²) in [5, 5.41) is 2.64. The van der Waals surface area contributed by atoms with Crippen LogP contribution in [-0.2, 0) is 21.9 Å². The summed E-state index contributed by atoms with van der Waals surface area (Å²) >= 11 is 0. The van der Waals surface area contributed by atoms with Gasteiger partial charge in [-0.3, -0.25) is 18.6 Å². The van der Waals surface area contributed by atoms with Gasteiger partial charge in [-0.15, -0.1) is 0 Å². The first-order chi connectivity index (χ1) is 14.5. The maximum atomic E-state index is 13.0. The van der Waals surface area contributed by atoms with E-state index >= 15 is 0 Å². The van der Waals surface area contributed by atoms with Crippen LogP contribution in [0.3, 0.4) is 0 Å². The van der Waals surface area contributed by atoms with E-state index in [9.17, 15) is 18.0 Å². The molecule has 0 fully saturated rings. The fraction of sp³-hybridized carbons (Fsp3) is 0.273. The number of para-hydroxylation sites is 1. The molecule has 1 N–H and O–H groups in total. The molecule has 31 heavy (non-hydrogen) atoms. The minimum atomic E-state index is -3.75. The lowest BCUT2D eigenvalue weighted by Gasteiger charge is -2.28. The second-order valence-electron chi connectivity index (χ2n) is 7.50. The van der Waals surface area contributed by atoms with Crippen molar-refractivity contribution in [2.45, 2.75) is 26.8 Å². The molecular weight excluding hydrogens is 416 g/mol. The Bertz CT molecular complexity index is 1260. The van der Waals surface area contributed by atoms with Gasteiger partial charge in [0.25, 0.3) is 5.56 Å². The number of nitrogens with zero attached hydrogens (tertiary/aromatic N) is 3. The third-order valence-corrected chi connectivity index (χ3v) is 6.42. The maximum Gasteiger partial charge on any atom is 0.295 e. The van der Waals surface area contributed by atoms with Gasteiger partial charge in [0.15, 0.2) is 0 Å². The van der Waals surface area contributed by atoms with Crippen LogP contribution in [-0.4, -0.2) is 36.0 Å². The van der Waals surface area contributed by atoms with E-state index in [0.717, 1.165) is 16.1 Å². The third kappa shape index (κ3) is 4.41. The zero-order valence-corrected chi connectivity index (χ0v) is 19.0. The van der Waals surface area contributed by atoms with Gasteiger partial charge in [0.1, 0.15) is 11.7 Å². The SMILES string of the molecule is Cc1ccc(N(C(C)C(=O)Nc2c(C)n(C)n(-c3ccccc3)c2=O)S(C)(=O)=O)cc1. The zero-order chi connectivity index (χ0) is 22.9. The fourth-order valence-corrected chi connectivity index (χ4v) is 4.62. The summed E-state index contributed by atoms with van der Waals surface area (Å²) in [6.07, 6.45) is 1.05. The summed E-state index contributed by atoms with van der Waals surface area (Å²) in [7, 11) is -2.03. The Morgan fingerprint density at radius 1 is 1.03 bits per heavy atom. The molecular formula is C22H26N4O4S. The number of hydrogen-bond acceptors (Lipinski definition) is 4. The van der Waals surface area contributed by atoms with Crippen molar-refractivity contribution in [3.63, 3.8) is 0 Å². The molecule has 8 nitrogen and oxygen atoms in total. The minimum absolute atomic E-state index is 0.112. The van der Waals surface area contributed by atoms with Gasteiger partial charge in [0.05, 0.1) is 23.3 Å². The van der Waals surface area contributed by atoms with Gasteiger partial charge in [-0.05, 0) is 45.0 Å². The molecule has 0 aliphatic heterocycles. The van der Waals surface area contributed by atoms with Crippen molar-refractivity contribution in [1.29, 1.82) is 0 Å². The van der Waals surface area contributed by atoms with Gasteiger partial charge in [-0.25, -0.2) is 13.1 Å². The molecule has 0 spiro atoms. The van der Waals surface area contributed by atoms with Gasteiger partial charge in [-0.1, -0.05) is 35.9 Å². The molecule has 3 rings (SSSR count). The van der Waals surface area contributed by atoms with Crippen LogP contribution in [0.1, 0.15) is 18.2 Å². The molecule has 0 bridgehead atoms. The number of anilines is 2. The average Bonchev–Trinajstić information content (AvgIpc) is 2.92. The predicted molar refractivity (Wildman–Crippen MR) is 122 cm³/mol. The molecule has 1 atom stereocenters. The summed E-state index contributed by atoms with van der Waals surface area (Å²) < 4.78 is 29.1. The maximum absolute atomic E-state index is 13.0. The van der Waals surface area contributed by atoms with E-state index in [4.69, 9.17) is 0 Å². The summed E-state index contributed by atoms with van der Waals surface area (Å²) in [5.74, 6) is -0.600. The number of benzene rings is 2. The van der Waals surface area contributed by atoms with Crippen LogP contribution in [0, 0.1) is 13.8 Å². The van der Waals surface area contributed by atoms with Gasteiger partial charge in [0.2, 0.25) is 15.9 Å². The van der Waals surface area contributed by atoms with Crippen LogP contribution in [0.15, 0.2) is 59.4 Å². The molecule has 2 aromatic carbocycles. The molecule has 0 aliphatic carbocycles. The first-order valence-corrected chi connectivity index (χ1v) is 11.6. The van der Waals surface area contributed by atoms with E-state index in [1.807, 2.05) is 25.1 Å². The smallest absolute Gasteiger partial charge is 0.295 e. The summed E-state index contributed by atoms with van der Waals surface area (Å²) in [5.41, 5.74) is 2.27. The molecule has 1 aromatic heterocycles. The van der Waals surface area contributed by atoms with Gasteiger partial charge in [-0.2, -0.15) is 0 Å². The number of carbonyl (C=O) groups excluding carboxylic acids is 1. The number of hydrogen-bond donors (Lipinski definition) is 1. The summed E-state index contributed by atoms with van der Waals surface area (Å²) in [4.78, 5) is 26.1. The molecule has 0 radical (unpaired) electrons. The number of aromatic nitrogens is 2. The fourth-order valence-electron chi connectivity index (χ4n) is 3.44. The Labute approximate surface area is 181 Å². The Hall–Kier alpha value is -3.33. The molecule has 9 heteroatoms. The van der Waals surface area contributed by atoms with Crippen LogP contribution in [0.2, 0.25) is 0 Å². The van der Waals surface area contributed by atoms with Crippen molar-refractivity contribution in [2.75, 3.05) is 15.9 Å². The first-order valence-electron chi connectivity index (χ1n) is 9.73. The molecule has 0 aliphatic rings. The Balaban J connectivity index is 1.97. The highest BCUT2D eigenvalue weighted by atomic mass is 32.2. The van der Waals surface area contributed by atoms with Crippen molar-refractivity contribution < 1.29 is 13.2 Å². The standard InChI is InChI=1S/C22H26N4O4S/c1-15-11-13-19(14-12-15)26(31(5,29)30)17(3)21(27)23-20-16(2)24(4)25(22(20)28)18-9-7-6-8-10-18/h6-14,17H,1-5H3,(H,23,27). The van der Waals surface area contributed by atoms with E-state index in [1.165, 1.54) is 11.6 Å². The average molecular weight is 443 g/mol. The predicted octanol–water partition coefficient (Wildman–Crippen LogP) is 2.59. The number of amides is 1. The first kappa shape index (κ1) is 22.4. The van der Waals surface area contributed by atoms with E-state index in [-0.39, 0.29) is 5.69 Å². The number of aryl methyl sites for hydroxylation is 1. The Kier molecular flexibility index (Phi) is 6.08. The molecule has 1 amide bonds. The van der Waals surface area contributed by atoms with E-state index in [1.54, 1.807) is 55.1 Å². The topological polar surface area (TPSA) is 93.4 Å². The van der Waals surface area contributed by atoms with Crippen LogP contribution >= 0.6 is 0 Å². The van der Waals surface area contributed by atoms with E-state index in [2.05, 4.69) is 5.32 Å². The zero-order valence-electron chi connectivity index (χ0n) is 18.2. The molecule has 164 valence electrons. The highest BCUT2D eigenvalue weighted by molar-refractivity contribution is 7.92. The second kappa shape index (κ2) is 8.43. The van der Waals surface area contributed by atoms with Crippen molar-refractivity contribution in [3.05, 3.63) is 76.2 Å². The van der Waals surface area contributed by atoms with Crippen LogP contribution in [0.5, 0.6) is 0 Å². The van der Waals surface area contributed by atoms with Crippen LogP contribution in [0.25, 0.3) is 5.69 Å². The second-order valence-corrected chi connectivity index (χ2v) is 9.36. The monoisotopic (exact) mass is 442 g/mol. The highest BCUT2D eigenvalue weighted by Gasteiger charge is 2.30. The summed E-state index contributed by atoms with van der Waals surface area (Å²) in [6, 6.07) is 14.8. The number of rotatable bonds is 6. The third-order valence-electron chi connectivity index (χ3n) is 5.18. The Morgan fingerprint density at radius 2 is 1.61 bits per heavy atom. The highest BCUT2D eigenvalue weighted by Crippen LogP contribution is 2.22. The van der Waals surface area contributed by atoms with Crippen molar-refractivity contribution >= 4 is 27.3 Å². The summed E-state index contributed by atoms with van der Waals surface area (Å²) in [6.45, 7) is 5.10. The lowest BCUT2D eigenvalue weighted by molar-refractivity contribution is -0.116. The van der Waals surface area contributed by atoms with Gasteiger partial charge < -0.3 is 5.32 Å². The molecule has 0 saturated heterocycles. The number of nitrogens with one attached hydrogen (secondary N) is 1. The molecule has 3 aromatic rings. The molecule has 1 unspecified atom stereocenters. The van der Waals surface area contributed by atoms with Crippen molar-refractivity contribution in [1.82, 2.24) is 9.36 Å². The minimum Gasteiger partial charge on any atom is -0.318 e. The lowest BCUT2D eigenvalue weighted by atomic mass is 10.2.